The van der Waals surface area contributed by atoms with Gasteiger partial charge in [0.1, 0.15) is 6.04 Å². The van der Waals surface area contributed by atoms with Crippen LogP contribution in [0.25, 0.3) is 0 Å². The number of phenols is 2. The predicted octanol–water partition coefficient (Wildman–Crippen LogP) is 0.866. The van der Waals surface area contributed by atoms with Crippen LogP contribution in [0.5, 0.6) is 11.5 Å². The van der Waals surface area contributed by atoms with E-state index in [4.69, 9.17) is 10.2 Å². The van der Waals surface area contributed by atoms with E-state index in [1.165, 1.54) is 18.2 Å². The monoisotopic (exact) mass is 267 g/mol. The molecule has 0 unspecified atom stereocenters. The van der Waals surface area contributed by atoms with Crippen LogP contribution in [0.1, 0.15) is 19.4 Å². The molecule has 104 valence electrons. The topological polar surface area (TPSA) is 107 Å². The first-order chi connectivity index (χ1) is 8.81. The van der Waals surface area contributed by atoms with Gasteiger partial charge in [0.2, 0.25) is 5.91 Å². The highest BCUT2D eigenvalue weighted by Gasteiger charge is 2.22. The largest absolute Gasteiger partial charge is 0.504 e. The van der Waals surface area contributed by atoms with Gasteiger partial charge in [-0.15, -0.1) is 0 Å². The number of amides is 1. The van der Waals surface area contributed by atoms with E-state index in [0.717, 1.165) is 0 Å². The SMILES string of the molecule is CC(C)C(=O)N[C@@H](Cc1ccc(O)c(O)c1)C(=O)O. The Kier molecular flexibility index (Phi) is 4.74. The van der Waals surface area contributed by atoms with Crippen molar-refractivity contribution in [3.05, 3.63) is 23.8 Å². The molecule has 0 radical (unpaired) electrons. The number of aliphatic carboxylic acids is 1. The second kappa shape index (κ2) is 6.08. The fourth-order valence-corrected chi connectivity index (χ4v) is 1.47. The molecule has 0 saturated carbocycles. The summed E-state index contributed by atoms with van der Waals surface area (Å²) in [7, 11) is 0. The van der Waals surface area contributed by atoms with Crippen molar-refractivity contribution >= 4 is 11.9 Å². The summed E-state index contributed by atoms with van der Waals surface area (Å²) in [6.45, 7) is 3.33. The molecule has 1 rings (SSSR count). The molecule has 0 aliphatic carbocycles. The number of carbonyl (C=O) groups excluding carboxylic acids is 1. The molecular formula is C13H17NO5. The maximum Gasteiger partial charge on any atom is 0.326 e. The number of hydrogen-bond acceptors (Lipinski definition) is 4. The zero-order valence-corrected chi connectivity index (χ0v) is 10.8. The van der Waals surface area contributed by atoms with Gasteiger partial charge in [0.25, 0.3) is 0 Å². The minimum atomic E-state index is -1.15. The number of carboxylic acids is 1. The Morgan fingerprint density at radius 3 is 2.32 bits per heavy atom. The lowest BCUT2D eigenvalue weighted by Crippen LogP contribution is -2.44. The lowest BCUT2D eigenvalue weighted by atomic mass is 10.0. The van der Waals surface area contributed by atoms with Crippen molar-refractivity contribution in [3.8, 4) is 11.5 Å². The highest BCUT2D eigenvalue weighted by atomic mass is 16.4. The first-order valence-corrected chi connectivity index (χ1v) is 5.85. The molecule has 0 fully saturated rings. The van der Waals surface area contributed by atoms with Crippen LogP contribution < -0.4 is 5.32 Å². The van der Waals surface area contributed by atoms with Crippen molar-refractivity contribution in [2.45, 2.75) is 26.3 Å². The molecule has 6 nitrogen and oxygen atoms in total. The van der Waals surface area contributed by atoms with E-state index in [9.17, 15) is 14.7 Å². The van der Waals surface area contributed by atoms with Gasteiger partial charge in [0.05, 0.1) is 0 Å². The zero-order valence-electron chi connectivity index (χ0n) is 10.8. The van der Waals surface area contributed by atoms with Gasteiger partial charge >= 0.3 is 5.97 Å². The summed E-state index contributed by atoms with van der Waals surface area (Å²) in [5.41, 5.74) is 0.506. The molecule has 0 aliphatic heterocycles. The molecule has 0 heterocycles. The Hall–Kier alpha value is -2.24. The van der Waals surface area contributed by atoms with E-state index >= 15 is 0 Å². The molecule has 0 saturated heterocycles. The third-order valence-corrected chi connectivity index (χ3v) is 2.62. The van der Waals surface area contributed by atoms with Gasteiger partial charge in [-0.1, -0.05) is 19.9 Å². The maximum atomic E-state index is 11.5. The number of nitrogens with one attached hydrogen (secondary N) is 1. The molecule has 1 aromatic carbocycles. The van der Waals surface area contributed by atoms with E-state index in [2.05, 4.69) is 5.32 Å². The van der Waals surface area contributed by atoms with Gasteiger partial charge in [0.15, 0.2) is 11.5 Å². The van der Waals surface area contributed by atoms with E-state index < -0.39 is 12.0 Å². The number of benzene rings is 1. The summed E-state index contributed by atoms with van der Waals surface area (Å²) < 4.78 is 0. The Labute approximate surface area is 110 Å². The second-order valence-electron chi connectivity index (χ2n) is 4.58. The van der Waals surface area contributed by atoms with Crippen LogP contribution in [0.3, 0.4) is 0 Å². The van der Waals surface area contributed by atoms with Gasteiger partial charge in [-0.25, -0.2) is 4.79 Å². The van der Waals surface area contributed by atoms with E-state index in [0.29, 0.717) is 5.56 Å². The van der Waals surface area contributed by atoms with Crippen LogP contribution >= 0.6 is 0 Å². The number of phenolic OH excluding ortho intramolecular Hbond substituents is 2. The Balaban J connectivity index is 2.81. The number of carbonyl (C=O) groups is 2. The first-order valence-electron chi connectivity index (χ1n) is 5.85. The van der Waals surface area contributed by atoms with E-state index in [1.807, 2.05) is 0 Å². The van der Waals surface area contributed by atoms with Crippen molar-refractivity contribution in [2.24, 2.45) is 5.92 Å². The maximum absolute atomic E-state index is 11.5. The summed E-state index contributed by atoms with van der Waals surface area (Å²) >= 11 is 0. The normalized spacial score (nSPS) is 12.2. The van der Waals surface area contributed by atoms with Crippen LogP contribution in [0.15, 0.2) is 18.2 Å². The van der Waals surface area contributed by atoms with Crippen molar-refractivity contribution < 1.29 is 24.9 Å². The highest BCUT2D eigenvalue weighted by molar-refractivity contribution is 5.84. The van der Waals surface area contributed by atoms with Gasteiger partial charge in [0, 0.05) is 12.3 Å². The molecule has 4 N–H and O–H groups in total. The quantitative estimate of drug-likeness (QED) is 0.592. The number of hydrogen-bond donors (Lipinski definition) is 4. The first kappa shape index (κ1) is 14.8. The number of rotatable bonds is 5. The summed E-state index contributed by atoms with van der Waals surface area (Å²) in [4.78, 5) is 22.6. The summed E-state index contributed by atoms with van der Waals surface area (Å²) in [6, 6.07) is 2.96. The minimum absolute atomic E-state index is 0.0294. The highest BCUT2D eigenvalue weighted by Crippen LogP contribution is 2.25. The van der Waals surface area contributed by atoms with Crippen LogP contribution in [0.4, 0.5) is 0 Å². The summed E-state index contributed by atoms with van der Waals surface area (Å²) in [5, 5.41) is 30.0. The van der Waals surface area contributed by atoms with Crippen molar-refractivity contribution in [1.82, 2.24) is 5.32 Å². The molecule has 19 heavy (non-hydrogen) atoms. The third kappa shape index (κ3) is 4.17. The molecule has 1 aromatic rings. The molecule has 6 heteroatoms. The molecule has 0 spiro atoms. The molecule has 1 amide bonds. The van der Waals surface area contributed by atoms with E-state index in [1.54, 1.807) is 13.8 Å². The minimum Gasteiger partial charge on any atom is -0.504 e. The molecule has 1 atom stereocenters. The average Bonchev–Trinajstić information content (AvgIpc) is 2.32. The fraction of sp³-hybridized carbons (Fsp3) is 0.385. The van der Waals surface area contributed by atoms with Crippen LogP contribution in [0.2, 0.25) is 0 Å². The summed E-state index contributed by atoms with van der Waals surface area (Å²) in [5.74, 6) is -2.41. The van der Waals surface area contributed by atoms with Crippen molar-refractivity contribution in [2.75, 3.05) is 0 Å². The van der Waals surface area contributed by atoms with E-state index in [-0.39, 0.29) is 29.7 Å². The fourth-order valence-electron chi connectivity index (χ4n) is 1.47. The summed E-state index contributed by atoms with van der Waals surface area (Å²) in [6.07, 6.45) is 0.0294. The number of carboxylic acid groups (broad SMARTS) is 1. The van der Waals surface area contributed by atoms with Gasteiger partial charge in [-0.05, 0) is 17.7 Å². The third-order valence-electron chi connectivity index (χ3n) is 2.62. The second-order valence-corrected chi connectivity index (χ2v) is 4.58. The molecule has 0 aromatic heterocycles. The average molecular weight is 267 g/mol. The standard InChI is InChI=1S/C13H17NO5/c1-7(2)12(17)14-9(13(18)19)5-8-3-4-10(15)11(16)6-8/h3-4,6-7,9,15-16H,5H2,1-2H3,(H,14,17)(H,18,19)/t9-/m0/s1. The predicted molar refractivity (Wildman–Crippen MR) is 67.9 cm³/mol. The zero-order chi connectivity index (χ0) is 14.6. The lowest BCUT2D eigenvalue weighted by Gasteiger charge is -2.16. The lowest BCUT2D eigenvalue weighted by molar-refractivity contribution is -0.142. The Bertz CT molecular complexity index is 484. The Morgan fingerprint density at radius 2 is 1.84 bits per heavy atom. The van der Waals surface area contributed by atoms with Gasteiger partial charge < -0.3 is 20.6 Å². The van der Waals surface area contributed by atoms with Crippen LogP contribution in [0, 0.1) is 5.92 Å². The Morgan fingerprint density at radius 1 is 1.21 bits per heavy atom. The van der Waals surface area contributed by atoms with Crippen LogP contribution in [-0.4, -0.2) is 33.2 Å². The van der Waals surface area contributed by atoms with Gasteiger partial charge in [-0.2, -0.15) is 0 Å². The number of aromatic hydroxyl groups is 2. The smallest absolute Gasteiger partial charge is 0.326 e. The molecule has 0 aliphatic rings. The van der Waals surface area contributed by atoms with Crippen LogP contribution in [-0.2, 0) is 16.0 Å². The van der Waals surface area contributed by atoms with Gasteiger partial charge in [-0.3, -0.25) is 4.79 Å². The van der Waals surface area contributed by atoms with Crippen molar-refractivity contribution in [3.63, 3.8) is 0 Å². The van der Waals surface area contributed by atoms with Crippen molar-refractivity contribution in [1.29, 1.82) is 0 Å². The molecule has 0 bridgehead atoms. The molecular weight excluding hydrogens is 250 g/mol.